The van der Waals surface area contributed by atoms with Gasteiger partial charge in [-0.05, 0) is 19.8 Å². The molecule has 1 fully saturated rings. The van der Waals surface area contributed by atoms with E-state index in [1.807, 2.05) is 19.1 Å². The van der Waals surface area contributed by atoms with Crippen LogP contribution in [0.15, 0.2) is 12.1 Å². The van der Waals surface area contributed by atoms with Crippen molar-refractivity contribution in [3.05, 3.63) is 12.1 Å². The first-order valence-electron chi connectivity index (χ1n) is 7.07. The Hall–Kier alpha value is -1.62. The lowest BCUT2D eigenvalue weighted by Gasteiger charge is -2.35. The molecule has 5 nitrogen and oxygen atoms in total. The molecule has 1 aromatic rings. The van der Waals surface area contributed by atoms with Crippen molar-refractivity contribution in [2.45, 2.75) is 25.9 Å². The summed E-state index contributed by atoms with van der Waals surface area (Å²) in [5.74, 6) is 1.36. The van der Waals surface area contributed by atoms with Crippen molar-refractivity contribution in [1.82, 2.24) is 0 Å². The number of ether oxygens (including phenoxy) is 3. The van der Waals surface area contributed by atoms with E-state index in [0.717, 1.165) is 38.2 Å². The molecule has 5 heteroatoms. The summed E-state index contributed by atoms with van der Waals surface area (Å²) in [6, 6.07) is 3.76. The van der Waals surface area contributed by atoms with Gasteiger partial charge in [-0.15, -0.1) is 0 Å². The van der Waals surface area contributed by atoms with E-state index in [4.69, 9.17) is 19.9 Å². The third-order valence-electron chi connectivity index (χ3n) is 3.65. The van der Waals surface area contributed by atoms with Crippen molar-refractivity contribution < 1.29 is 14.2 Å². The lowest BCUT2D eigenvalue weighted by Crippen LogP contribution is -2.40. The number of anilines is 2. The van der Waals surface area contributed by atoms with Crippen molar-refractivity contribution >= 4 is 11.4 Å². The van der Waals surface area contributed by atoms with E-state index >= 15 is 0 Å². The van der Waals surface area contributed by atoms with E-state index in [2.05, 4.69) is 4.90 Å². The second kappa shape index (κ2) is 6.70. The molecule has 112 valence electrons. The molecule has 2 N–H and O–H groups in total. The number of nitrogen functional groups attached to an aromatic ring is 1. The van der Waals surface area contributed by atoms with Crippen LogP contribution in [0, 0.1) is 0 Å². The van der Waals surface area contributed by atoms with E-state index in [-0.39, 0.29) is 6.10 Å². The highest BCUT2D eigenvalue weighted by Gasteiger charge is 2.23. The van der Waals surface area contributed by atoms with Gasteiger partial charge in [-0.3, -0.25) is 0 Å². The van der Waals surface area contributed by atoms with Crippen LogP contribution in [0.1, 0.15) is 19.8 Å². The van der Waals surface area contributed by atoms with Gasteiger partial charge in [0.2, 0.25) is 0 Å². The van der Waals surface area contributed by atoms with Crippen LogP contribution < -0.4 is 20.1 Å². The van der Waals surface area contributed by atoms with Crippen molar-refractivity contribution in [1.29, 1.82) is 0 Å². The second-order valence-corrected chi connectivity index (χ2v) is 4.93. The molecule has 1 aliphatic heterocycles. The topological polar surface area (TPSA) is 57.0 Å². The Bertz CT molecular complexity index is 449. The maximum atomic E-state index is 6.15. The van der Waals surface area contributed by atoms with Crippen molar-refractivity contribution in [3.63, 3.8) is 0 Å². The minimum Gasteiger partial charge on any atom is -0.493 e. The molecule has 1 saturated heterocycles. The van der Waals surface area contributed by atoms with Crippen LogP contribution >= 0.6 is 0 Å². The average molecular weight is 280 g/mol. The Kier molecular flexibility index (Phi) is 4.95. The van der Waals surface area contributed by atoms with Gasteiger partial charge in [-0.2, -0.15) is 0 Å². The van der Waals surface area contributed by atoms with Gasteiger partial charge in [0.05, 0.1) is 31.7 Å². The van der Waals surface area contributed by atoms with Crippen LogP contribution in [-0.4, -0.2) is 40.0 Å². The second-order valence-electron chi connectivity index (χ2n) is 4.93. The van der Waals surface area contributed by atoms with E-state index in [0.29, 0.717) is 17.2 Å². The Morgan fingerprint density at radius 1 is 1.25 bits per heavy atom. The summed E-state index contributed by atoms with van der Waals surface area (Å²) in [6.07, 6.45) is 2.50. The van der Waals surface area contributed by atoms with Gasteiger partial charge in [0.15, 0.2) is 11.5 Å². The lowest BCUT2D eigenvalue weighted by atomic mass is 10.1. The number of methoxy groups -OCH3 is 2. The molecule has 2 rings (SSSR count). The molecule has 0 amide bonds. The Labute approximate surface area is 120 Å². The summed E-state index contributed by atoms with van der Waals surface area (Å²) in [5.41, 5.74) is 7.85. The van der Waals surface area contributed by atoms with Crippen LogP contribution in [0.3, 0.4) is 0 Å². The quantitative estimate of drug-likeness (QED) is 0.839. The summed E-state index contributed by atoms with van der Waals surface area (Å²) in [6.45, 7) is 4.64. The number of piperidine rings is 1. The summed E-state index contributed by atoms with van der Waals surface area (Å²) in [7, 11) is 3.25. The third-order valence-corrected chi connectivity index (χ3v) is 3.65. The number of benzene rings is 1. The van der Waals surface area contributed by atoms with Gasteiger partial charge in [0, 0.05) is 31.8 Å². The molecule has 1 heterocycles. The largest absolute Gasteiger partial charge is 0.493 e. The van der Waals surface area contributed by atoms with Crippen LogP contribution in [0.25, 0.3) is 0 Å². The predicted molar refractivity (Wildman–Crippen MR) is 80.8 cm³/mol. The molecule has 0 bridgehead atoms. The number of nitrogens with zero attached hydrogens (tertiary/aromatic N) is 1. The standard InChI is InChI=1S/C15H24N2O3/c1-4-20-11-6-5-7-17(10-11)13-9-15(19-3)14(18-2)8-12(13)16/h8-9,11H,4-7,10,16H2,1-3H3. The first kappa shape index (κ1) is 14.8. The lowest BCUT2D eigenvalue weighted by molar-refractivity contribution is 0.0527. The minimum absolute atomic E-state index is 0.279. The minimum atomic E-state index is 0.279. The van der Waals surface area contributed by atoms with Gasteiger partial charge in [-0.25, -0.2) is 0 Å². The van der Waals surface area contributed by atoms with Crippen LogP contribution in [0.4, 0.5) is 11.4 Å². The summed E-state index contributed by atoms with van der Waals surface area (Å²) < 4.78 is 16.4. The average Bonchev–Trinajstić information content (AvgIpc) is 2.47. The fraction of sp³-hybridized carbons (Fsp3) is 0.600. The van der Waals surface area contributed by atoms with Crippen LogP contribution in [-0.2, 0) is 4.74 Å². The molecule has 0 radical (unpaired) electrons. The zero-order valence-electron chi connectivity index (χ0n) is 12.5. The van der Waals surface area contributed by atoms with Gasteiger partial charge < -0.3 is 24.8 Å². The van der Waals surface area contributed by atoms with E-state index < -0.39 is 0 Å². The molecule has 0 spiro atoms. The summed E-state index contributed by atoms with van der Waals surface area (Å²) in [4.78, 5) is 2.26. The fourth-order valence-electron chi connectivity index (χ4n) is 2.69. The van der Waals surface area contributed by atoms with Crippen LogP contribution in [0.2, 0.25) is 0 Å². The maximum Gasteiger partial charge on any atom is 0.162 e. The van der Waals surface area contributed by atoms with E-state index in [9.17, 15) is 0 Å². The highest BCUT2D eigenvalue weighted by molar-refractivity contribution is 5.73. The zero-order valence-corrected chi connectivity index (χ0v) is 12.5. The van der Waals surface area contributed by atoms with Gasteiger partial charge >= 0.3 is 0 Å². The Morgan fingerprint density at radius 3 is 2.60 bits per heavy atom. The normalized spacial score (nSPS) is 18.9. The highest BCUT2D eigenvalue weighted by atomic mass is 16.5. The SMILES string of the molecule is CCOC1CCCN(c2cc(OC)c(OC)cc2N)C1. The van der Waals surface area contributed by atoms with E-state index in [1.54, 1.807) is 14.2 Å². The van der Waals surface area contributed by atoms with E-state index in [1.165, 1.54) is 0 Å². The fourth-order valence-corrected chi connectivity index (χ4v) is 2.69. The molecule has 20 heavy (non-hydrogen) atoms. The monoisotopic (exact) mass is 280 g/mol. The van der Waals surface area contributed by atoms with Crippen LogP contribution in [0.5, 0.6) is 11.5 Å². The molecule has 1 aromatic carbocycles. The molecular weight excluding hydrogens is 256 g/mol. The van der Waals surface area contributed by atoms with Gasteiger partial charge in [-0.1, -0.05) is 0 Å². The molecule has 1 aliphatic rings. The molecule has 1 unspecified atom stereocenters. The number of rotatable bonds is 5. The highest BCUT2D eigenvalue weighted by Crippen LogP contribution is 2.37. The smallest absolute Gasteiger partial charge is 0.162 e. The predicted octanol–water partition coefficient (Wildman–Crippen LogP) is 2.29. The Balaban J connectivity index is 2.23. The first-order chi connectivity index (χ1) is 9.69. The van der Waals surface area contributed by atoms with Gasteiger partial charge in [0.1, 0.15) is 0 Å². The molecule has 1 atom stereocenters. The molecule has 0 aliphatic carbocycles. The number of hydrogen-bond acceptors (Lipinski definition) is 5. The van der Waals surface area contributed by atoms with Crippen molar-refractivity contribution in [3.8, 4) is 11.5 Å². The molecule has 0 aromatic heterocycles. The van der Waals surface area contributed by atoms with Gasteiger partial charge in [0.25, 0.3) is 0 Å². The zero-order chi connectivity index (χ0) is 14.5. The van der Waals surface area contributed by atoms with Crippen molar-refractivity contribution in [2.75, 3.05) is 44.5 Å². The van der Waals surface area contributed by atoms with Crippen molar-refractivity contribution in [2.24, 2.45) is 0 Å². The summed E-state index contributed by atoms with van der Waals surface area (Å²) >= 11 is 0. The Morgan fingerprint density at radius 2 is 1.95 bits per heavy atom. The summed E-state index contributed by atoms with van der Waals surface area (Å²) in [5, 5.41) is 0. The third kappa shape index (κ3) is 3.10. The first-order valence-corrected chi connectivity index (χ1v) is 7.07. The molecular formula is C15H24N2O3. The maximum absolute atomic E-state index is 6.15. The number of hydrogen-bond donors (Lipinski definition) is 1. The number of nitrogens with two attached hydrogens (primary N) is 1. The molecule has 0 saturated carbocycles.